The van der Waals surface area contributed by atoms with Crippen LogP contribution in [0.4, 0.5) is 0 Å². The Bertz CT molecular complexity index is 396. The molecule has 4 heteroatoms. The Morgan fingerprint density at radius 2 is 2.29 bits per heavy atom. The third-order valence-electron chi connectivity index (χ3n) is 3.56. The third-order valence-corrected chi connectivity index (χ3v) is 5.55. The lowest BCUT2D eigenvalue weighted by Gasteiger charge is -2.18. The van der Waals surface area contributed by atoms with Crippen LogP contribution in [-0.4, -0.2) is 17.3 Å². The van der Waals surface area contributed by atoms with Crippen molar-refractivity contribution in [2.75, 3.05) is 5.33 Å². The number of hydrogen-bond acceptors (Lipinski definition) is 2. The maximum Gasteiger partial charge on any atom is 0.261 e. The van der Waals surface area contributed by atoms with Gasteiger partial charge in [-0.05, 0) is 44.2 Å². The lowest BCUT2D eigenvalue weighted by atomic mass is 10.1. The molecule has 2 rings (SSSR count). The van der Waals surface area contributed by atoms with Crippen molar-refractivity contribution in [3.05, 3.63) is 21.4 Å². The predicted octanol–water partition coefficient (Wildman–Crippen LogP) is 3.66. The van der Waals surface area contributed by atoms with E-state index in [1.807, 2.05) is 6.07 Å². The van der Waals surface area contributed by atoms with Crippen molar-refractivity contribution >= 4 is 33.2 Å². The van der Waals surface area contributed by atoms with Gasteiger partial charge in [-0.15, -0.1) is 11.3 Å². The minimum absolute atomic E-state index is 0.101. The first-order valence-electron chi connectivity index (χ1n) is 6.05. The second kappa shape index (κ2) is 5.53. The highest BCUT2D eigenvalue weighted by Crippen LogP contribution is 2.28. The van der Waals surface area contributed by atoms with E-state index in [2.05, 4.69) is 35.1 Å². The van der Waals surface area contributed by atoms with Crippen molar-refractivity contribution in [3.63, 3.8) is 0 Å². The number of amides is 1. The molecule has 0 saturated heterocycles. The Morgan fingerprint density at radius 1 is 1.53 bits per heavy atom. The summed E-state index contributed by atoms with van der Waals surface area (Å²) < 4.78 is 0. The van der Waals surface area contributed by atoms with Crippen LogP contribution in [0.3, 0.4) is 0 Å². The minimum Gasteiger partial charge on any atom is -0.348 e. The van der Waals surface area contributed by atoms with E-state index in [1.165, 1.54) is 23.3 Å². The molecule has 1 heterocycles. The number of thiophene rings is 1. The number of halogens is 1. The van der Waals surface area contributed by atoms with Gasteiger partial charge < -0.3 is 5.32 Å². The summed E-state index contributed by atoms with van der Waals surface area (Å²) in [6, 6.07) is 2.34. The fourth-order valence-electron chi connectivity index (χ4n) is 2.34. The van der Waals surface area contributed by atoms with Gasteiger partial charge in [0.1, 0.15) is 0 Å². The van der Waals surface area contributed by atoms with Gasteiger partial charge in [-0.1, -0.05) is 22.4 Å². The summed E-state index contributed by atoms with van der Waals surface area (Å²) in [5.41, 5.74) is 1.21. The van der Waals surface area contributed by atoms with Crippen molar-refractivity contribution in [1.82, 2.24) is 5.32 Å². The second-order valence-electron chi connectivity index (χ2n) is 4.78. The SMILES string of the molecule is Cc1cc(C(=O)NC2CCCC2CBr)sc1C. The van der Waals surface area contributed by atoms with Gasteiger partial charge >= 0.3 is 0 Å². The van der Waals surface area contributed by atoms with Gasteiger partial charge in [0, 0.05) is 16.2 Å². The smallest absolute Gasteiger partial charge is 0.261 e. The lowest BCUT2D eigenvalue weighted by molar-refractivity contribution is 0.0934. The van der Waals surface area contributed by atoms with E-state index >= 15 is 0 Å². The average Bonchev–Trinajstić information content (AvgIpc) is 2.86. The number of carbonyl (C=O) groups excluding carboxylic acids is 1. The zero-order valence-electron chi connectivity index (χ0n) is 10.3. The van der Waals surface area contributed by atoms with E-state index in [1.54, 1.807) is 11.3 Å². The van der Waals surface area contributed by atoms with Crippen molar-refractivity contribution in [1.29, 1.82) is 0 Å². The molecule has 2 unspecified atom stereocenters. The number of nitrogens with one attached hydrogen (secondary N) is 1. The number of carbonyl (C=O) groups is 1. The Labute approximate surface area is 115 Å². The first kappa shape index (κ1) is 13.1. The molecule has 1 aromatic heterocycles. The second-order valence-corrected chi connectivity index (χ2v) is 6.68. The summed E-state index contributed by atoms with van der Waals surface area (Å²) in [6.07, 6.45) is 3.56. The first-order chi connectivity index (χ1) is 8.11. The van der Waals surface area contributed by atoms with E-state index < -0.39 is 0 Å². The van der Waals surface area contributed by atoms with E-state index in [4.69, 9.17) is 0 Å². The Hall–Kier alpha value is -0.350. The van der Waals surface area contributed by atoms with Crippen molar-refractivity contribution in [2.45, 2.75) is 39.2 Å². The Kier molecular flexibility index (Phi) is 4.26. The summed E-state index contributed by atoms with van der Waals surface area (Å²) in [4.78, 5) is 14.2. The first-order valence-corrected chi connectivity index (χ1v) is 7.99. The van der Waals surface area contributed by atoms with Crippen LogP contribution in [0.5, 0.6) is 0 Å². The highest BCUT2D eigenvalue weighted by molar-refractivity contribution is 9.09. The maximum atomic E-state index is 12.1. The quantitative estimate of drug-likeness (QED) is 0.847. The van der Waals surface area contributed by atoms with Gasteiger partial charge in [0.05, 0.1) is 4.88 Å². The highest BCUT2D eigenvalue weighted by atomic mass is 79.9. The molecule has 0 bridgehead atoms. The molecule has 1 amide bonds. The van der Waals surface area contributed by atoms with Crippen molar-refractivity contribution in [2.24, 2.45) is 5.92 Å². The lowest BCUT2D eigenvalue weighted by Crippen LogP contribution is -2.37. The molecule has 0 spiro atoms. The summed E-state index contributed by atoms with van der Waals surface area (Å²) in [5, 5.41) is 4.16. The molecular formula is C13H18BrNOS. The van der Waals surface area contributed by atoms with Crippen molar-refractivity contribution < 1.29 is 4.79 Å². The van der Waals surface area contributed by atoms with Gasteiger partial charge in [0.25, 0.3) is 5.91 Å². The largest absolute Gasteiger partial charge is 0.348 e. The Morgan fingerprint density at radius 3 is 2.88 bits per heavy atom. The van der Waals surface area contributed by atoms with Gasteiger partial charge in [0.2, 0.25) is 0 Å². The van der Waals surface area contributed by atoms with E-state index in [0.717, 1.165) is 16.6 Å². The number of hydrogen-bond donors (Lipinski definition) is 1. The van der Waals surface area contributed by atoms with Crippen molar-refractivity contribution in [3.8, 4) is 0 Å². The van der Waals surface area contributed by atoms with E-state index in [-0.39, 0.29) is 5.91 Å². The van der Waals surface area contributed by atoms with Crippen LogP contribution in [0.1, 0.15) is 39.4 Å². The van der Waals surface area contributed by atoms with Crippen LogP contribution in [0.2, 0.25) is 0 Å². The minimum atomic E-state index is 0.101. The monoisotopic (exact) mass is 315 g/mol. The van der Waals surface area contributed by atoms with E-state index in [9.17, 15) is 4.79 Å². The van der Waals surface area contributed by atoms with E-state index in [0.29, 0.717) is 12.0 Å². The zero-order chi connectivity index (χ0) is 12.4. The molecule has 17 heavy (non-hydrogen) atoms. The summed E-state index contributed by atoms with van der Waals surface area (Å²) in [7, 11) is 0. The number of rotatable bonds is 3. The Balaban J connectivity index is 2.01. The fraction of sp³-hybridized carbons (Fsp3) is 0.615. The molecule has 1 fully saturated rings. The molecule has 2 nitrogen and oxygen atoms in total. The zero-order valence-corrected chi connectivity index (χ0v) is 12.7. The van der Waals surface area contributed by atoms with Crippen LogP contribution < -0.4 is 5.32 Å². The van der Waals surface area contributed by atoms with Gasteiger partial charge in [-0.3, -0.25) is 4.79 Å². The van der Waals surface area contributed by atoms with Gasteiger partial charge in [0.15, 0.2) is 0 Å². The molecule has 1 aromatic rings. The summed E-state index contributed by atoms with van der Waals surface area (Å²) in [6.45, 7) is 4.12. The molecule has 2 atom stereocenters. The summed E-state index contributed by atoms with van der Waals surface area (Å²) in [5.74, 6) is 0.699. The van der Waals surface area contributed by atoms with Gasteiger partial charge in [-0.25, -0.2) is 0 Å². The topological polar surface area (TPSA) is 29.1 Å². The molecule has 1 saturated carbocycles. The van der Waals surface area contributed by atoms with Gasteiger partial charge in [-0.2, -0.15) is 0 Å². The molecule has 94 valence electrons. The van der Waals surface area contributed by atoms with Crippen LogP contribution in [-0.2, 0) is 0 Å². The number of alkyl halides is 1. The highest BCUT2D eigenvalue weighted by Gasteiger charge is 2.28. The summed E-state index contributed by atoms with van der Waals surface area (Å²) >= 11 is 5.12. The van der Waals surface area contributed by atoms with Crippen LogP contribution >= 0.6 is 27.3 Å². The third kappa shape index (κ3) is 2.91. The molecule has 1 aliphatic rings. The molecular weight excluding hydrogens is 298 g/mol. The molecule has 1 aliphatic carbocycles. The van der Waals surface area contributed by atoms with Crippen LogP contribution in [0.15, 0.2) is 6.07 Å². The van der Waals surface area contributed by atoms with Crippen LogP contribution in [0, 0.1) is 19.8 Å². The fourth-order valence-corrected chi connectivity index (χ4v) is 4.05. The number of aryl methyl sites for hydroxylation is 2. The normalized spacial score (nSPS) is 23.9. The average molecular weight is 316 g/mol. The van der Waals surface area contributed by atoms with Crippen LogP contribution in [0.25, 0.3) is 0 Å². The molecule has 0 aliphatic heterocycles. The molecule has 1 N–H and O–H groups in total. The molecule has 0 aromatic carbocycles. The molecule has 0 radical (unpaired) electrons. The maximum absolute atomic E-state index is 12.1. The standard InChI is InChI=1S/C13H18BrNOS/c1-8-6-12(17-9(8)2)13(16)15-11-5-3-4-10(11)7-14/h6,10-11H,3-5,7H2,1-2H3,(H,15,16). The predicted molar refractivity (Wildman–Crippen MR) is 76.2 cm³/mol.